The highest BCUT2D eigenvalue weighted by Gasteiger charge is 2.48. The van der Waals surface area contributed by atoms with Gasteiger partial charge in [0, 0.05) is 5.56 Å². The van der Waals surface area contributed by atoms with E-state index >= 15 is 0 Å². The zero-order chi connectivity index (χ0) is 28.3. The molecule has 1 saturated heterocycles. The number of aliphatic hydroxyl groups is 1. The lowest BCUT2D eigenvalue weighted by molar-refractivity contribution is -0.132. The Morgan fingerprint density at radius 1 is 1.13 bits per heavy atom. The van der Waals surface area contributed by atoms with E-state index in [1.54, 1.807) is 38.1 Å². The molecule has 1 aliphatic rings. The van der Waals surface area contributed by atoms with Gasteiger partial charge in [0.05, 0.1) is 37.6 Å². The van der Waals surface area contributed by atoms with Gasteiger partial charge in [-0.1, -0.05) is 36.5 Å². The van der Waals surface area contributed by atoms with E-state index in [2.05, 4.69) is 4.98 Å². The molecule has 39 heavy (non-hydrogen) atoms. The smallest absolute Gasteiger partial charge is 0.350 e. The summed E-state index contributed by atoms with van der Waals surface area (Å²) < 4.78 is 16.0. The van der Waals surface area contributed by atoms with Crippen LogP contribution in [-0.2, 0) is 14.3 Å². The minimum Gasteiger partial charge on any atom is -0.507 e. The van der Waals surface area contributed by atoms with E-state index in [1.807, 2.05) is 6.92 Å². The van der Waals surface area contributed by atoms with Crippen LogP contribution in [0, 0.1) is 6.92 Å². The minimum absolute atomic E-state index is 0.0742. The number of rotatable bonds is 9. The van der Waals surface area contributed by atoms with Crippen molar-refractivity contribution in [2.24, 2.45) is 0 Å². The summed E-state index contributed by atoms with van der Waals surface area (Å²) in [5, 5.41) is 21.8. The number of esters is 1. The highest BCUT2D eigenvalue weighted by molar-refractivity contribution is 7.17. The van der Waals surface area contributed by atoms with E-state index in [4.69, 9.17) is 14.2 Å². The first-order valence-electron chi connectivity index (χ1n) is 12.3. The summed E-state index contributed by atoms with van der Waals surface area (Å²) in [6.07, 6.45) is 0.783. The average molecular weight is 553 g/mol. The Bertz CT molecular complexity index is 1460. The molecule has 0 spiro atoms. The van der Waals surface area contributed by atoms with E-state index in [9.17, 15) is 24.6 Å². The number of anilines is 1. The number of carbonyl (C=O) groups excluding carboxylic acids is 3. The van der Waals surface area contributed by atoms with Gasteiger partial charge in [0.1, 0.15) is 16.4 Å². The van der Waals surface area contributed by atoms with Gasteiger partial charge in [0.25, 0.3) is 5.78 Å². The molecule has 0 saturated carbocycles. The molecule has 0 bridgehead atoms. The predicted molar refractivity (Wildman–Crippen MR) is 144 cm³/mol. The number of thiazole rings is 1. The van der Waals surface area contributed by atoms with Crippen LogP contribution in [0.4, 0.5) is 5.13 Å². The zero-order valence-corrected chi connectivity index (χ0v) is 22.7. The second-order valence-electron chi connectivity index (χ2n) is 8.61. The monoisotopic (exact) mass is 552 g/mol. The number of hydrogen-bond acceptors (Lipinski definition) is 10. The van der Waals surface area contributed by atoms with Crippen LogP contribution in [-0.4, -0.2) is 53.2 Å². The number of amides is 1. The molecule has 10 nitrogen and oxygen atoms in total. The van der Waals surface area contributed by atoms with Crippen LogP contribution in [0.2, 0.25) is 0 Å². The molecule has 4 rings (SSSR count). The highest BCUT2D eigenvalue weighted by atomic mass is 32.1. The second kappa shape index (κ2) is 11.6. The summed E-state index contributed by atoms with van der Waals surface area (Å²) in [5.41, 5.74) is 0.793. The number of nitrogens with zero attached hydrogens (tertiary/aromatic N) is 2. The third kappa shape index (κ3) is 5.30. The molecule has 2 N–H and O–H groups in total. The Kier molecular flexibility index (Phi) is 8.20. The van der Waals surface area contributed by atoms with Crippen molar-refractivity contribution in [3.63, 3.8) is 0 Å². The fourth-order valence-electron chi connectivity index (χ4n) is 4.19. The number of benzene rings is 2. The summed E-state index contributed by atoms with van der Waals surface area (Å²) in [6.45, 7) is 6.03. The number of aromatic hydroxyl groups is 1. The molecule has 2 heterocycles. The van der Waals surface area contributed by atoms with Crippen molar-refractivity contribution in [2.75, 3.05) is 25.2 Å². The van der Waals surface area contributed by atoms with Crippen molar-refractivity contribution in [3.05, 3.63) is 69.7 Å². The SMILES string of the molecule is CCCOc1cccc(C(O)=C2C(=O)C(=O)N(c3nc(C)c(C(=O)OC)s3)C2c2ccc(O)c(OCC)c2)c1. The first-order valence-corrected chi connectivity index (χ1v) is 13.1. The molecule has 1 aliphatic heterocycles. The lowest BCUT2D eigenvalue weighted by atomic mass is 9.95. The molecule has 1 fully saturated rings. The van der Waals surface area contributed by atoms with Crippen LogP contribution in [0.1, 0.15) is 52.8 Å². The number of aromatic nitrogens is 1. The van der Waals surface area contributed by atoms with Gasteiger partial charge >= 0.3 is 11.9 Å². The maximum absolute atomic E-state index is 13.5. The largest absolute Gasteiger partial charge is 0.507 e. The molecule has 1 aromatic heterocycles. The first kappa shape index (κ1) is 27.6. The van der Waals surface area contributed by atoms with E-state index in [0.29, 0.717) is 23.6 Å². The topological polar surface area (TPSA) is 135 Å². The number of ether oxygens (including phenoxy) is 3. The molecule has 0 aliphatic carbocycles. The molecular weight excluding hydrogens is 524 g/mol. The van der Waals surface area contributed by atoms with E-state index in [-0.39, 0.29) is 39.3 Å². The van der Waals surface area contributed by atoms with Gasteiger partial charge in [0.2, 0.25) is 0 Å². The molecule has 1 unspecified atom stereocenters. The van der Waals surface area contributed by atoms with Crippen LogP contribution in [0.3, 0.4) is 0 Å². The number of carbonyl (C=O) groups is 3. The molecule has 2 aromatic carbocycles. The molecule has 0 radical (unpaired) electrons. The summed E-state index contributed by atoms with van der Waals surface area (Å²) in [7, 11) is 1.23. The number of Topliss-reactive ketones (excluding diaryl/α,β-unsaturated/α-hetero) is 1. The van der Waals surface area contributed by atoms with Gasteiger partial charge in [-0.05, 0) is 50.1 Å². The fraction of sp³-hybridized carbons (Fsp3) is 0.286. The number of aryl methyl sites for hydroxylation is 1. The van der Waals surface area contributed by atoms with Crippen molar-refractivity contribution in [1.29, 1.82) is 0 Å². The zero-order valence-electron chi connectivity index (χ0n) is 21.9. The molecular formula is C28H28N2O8S. The van der Waals surface area contributed by atoms with E-state index in [1.165, 1.54) is 25.3 Å². The Labute approximate surface area is 229 Å². The van der Waals surface area contributed by atoms with Crippen molar-refractivity contribution in [3.8, 4) is 17.2 Å². The van der Waals surface area contributed by atoms with Gasteiger partial charge in [-0.25, -0.2) is 9.78 Å². The van der Waals surface area contributed by atoms with Crippen LogP contribution in [0.25, 0.3) is 5.76 Å². The number of phenols is 1. The number of hydrogen-bond donors (Lipinski definition) is 2. The lowest BCUT2D eigenvalue weighted by Gasteiger charge is -2.23. The van der Waals surface area contributed by atoms with Crippen LogP contribution in [0.5, 0.6) is 17.2 Å². The standard InChI is InChI=1S/C28H28N2O8S/c1-5-12-38-18-9-7-8-17(13-18)23(32)21-22(16-10-11-19(31)20(14-16)37-6-2)30(26(34)24(21)33)28-29-15(3)25(39-28)27(35)36-4/h7-11,13-14,22,31-32H,5-6,12H2,1-4H3. The van der Waals surface area contributed by atoms with Crippen LogP contribution in [0.15, 0.2) is 48.0 Å². The van der Waals surface area contributed by atoms with Crippen molar-refractivity contribution < 1.29 is 38.8 Å². The normalized spacial score (nSPS) is 16.4. The summed E-state index contributed by atoms with van der Waals surface area (Å²) in [5.74, 6) is -2.40. The van der Waals surface area contributed by atoms with Gasteiger partial charge in [0.15, 0.2) is 16.6 Å². The highest BCUT2D eigenvalue weighted by Crippen LogP contribution is 2.45. The summed E-state index contributed by atoms with van der Waals surface area (Å²) >= 11 is 0.895. The number of methoxy groups -OCH3 is 1. The average Bonchev–Trinajstić information content (AvgIpc) is 3.44. The summed E-state index contributed by atoms with van der Waals surface area (Å²) in [4.78, 5) is 44.9. The number of phenolic OH excluding ortho intramolecular Hbond substituents is 1. The molecule has 3 aromatic rings. The van der Waals surface area contributed by atoms with Crippen molar-refractivity contribution in [2.45, 2.75) is 33.2 Å². The maximum atomic E-state index is 13.5. The van der Waals surface area contributed by atoms with Gasteiger partial charge < -0.3 is 24.4 Å². The predicted octanol–water partition coefficient (Wildman–Crippen LogP) is 4.76. The van der Waals surface area contributed by atoms with Crippen LogP contribution >= 0.6 is 11.3 Å². The third-order valence-corrected chi connectivity index (χ3v) is 7.12. The third-order valence-electron chi connectivity index (χ3n) is 5.99. The van der Waals surface area contributed by atoms with Crippen molar-refractivity contribution >= 4 is 39.9 Å². The molecule has 1 amide bonds. The fourth-order valence-corrected chi connectivity index (χ4v) is 5.20. The lowest BCUT2D eigenvalue weighted by Crippen LogP contribution is -2.29. The first-order chi connectivity index (χ1) is 18.7. The minimum atomic E-state index is -1.14. The Hall–Kier alpha value is -4.38. The second-order valence-corrected chi connectivity index (χ2v) is 9.59. The Balaban J connectivity index is 1.93. The molecule has 11 heteroatoms. The molecule has 1 atom stereocenters. The number of aliphatic hydroxyl groups excluding tert-OH is 1. The van der Waals surface area contributed by atoms with E-state index < -0.39 is 29.5 Å². The Morgan fingerprint density at radius 3 is 2.59 bits per heavy atom. The summed E-state index contributed by atoms with van der Waals surface area (Å²) in [6, 6.07) is 9.85. The van der Waals surface area contributed by atoms with E-state index in [0.717, 1.165) is 22.7 Å². The Morgan fingerprint density at radius 2 is 1.90 bits per heavy atom. The van der Waals surface area contributed by atoms with Crippen LogP contribution < -0.4 is 14.4 Å². The number of ketones is 1. The van der Waals surface area contributed by atoms with Gasteiger partial charge in [-0.2, -0.15) is 0 Å². The van der Waals surface area contributed by atoms with Gasteiger partial charge in [-0.15, -0.1) is 0 Å². The maximum Gasteiger partial charge on any atom is 0.350 e. The van der Waals surface area contributed by atoms with Crippen molar-refractivity contribution in [1.82, 2.24) is 4.98 Å². The molecule has 204 valence electrons. The quantitative estimate of drug-likeness (QED) is 0.167. The van der Waals surface area contributed by atoms with Gasteiger partial charge in [-0.3, -0.25) is 14.5 Å².